The number of imidazole rings is 1. The molecular formula is C19H21N3O2. The van der Waals surface area contributed by atoms with Crippen molar-refractivity contribution in [2.75, 3.05) is 6.54 Å². The van der Waals surface area contributed by atoms with Crippen LogP contribution in [0.2, 0.25) is 0 Å². The second-order valence-electron chi connectivity index (χ2n) is 6.07. The maximum Gasteiger partial charge on any atom is 0.290 e. The molecule has 1 saturated heterocycles. The first-order valence-corrected chi connectivity index (χ1v) is 8.20. The molecule has 0 aliphatic carbocycles. The zero-order valence-corrected chi connectivity index (χ0v) is 13.7. The average molecular weight is 323 g/mol. The maximum atomic E-state index is 12.3. The normalized spacial score (nSPS) is 21.1. The second kappa shape index (κ2) is 7.25. The molecule has 5 nitrogen and oxygen atoms in total. The van der Waals surface area contributed by atoms with Gasteiger partial charge in [0.15, 0.2) is 0 Å². The molecule has 1 amide bonds. The zero-order chi connectivity index (χ0) is 16.9. The third-order valence-corrected chi connectivity index (χ3v) is 4.42. The summed E-state index contributed by atoms with van der Waals surface area (Å²) in [7, 11) is 0. The summed E-state index contributed by atoms with van der Waals surface area (Å²) in [5.41, 5.74) is 1.06. The molecule has 0 radical (unpaired) electrons. The lowest BCUT2D eigenvalue weighted by atomic mass is 10.0. The lowest BCUT2D eigenvalue weighted by Crippen LogP contribution is -2.35. The van der Waals surface area contributed by atoms with Crippen molar-refractivity contribution in [2.45, 2.75) is 25.9 Å². The van der Waals surface area contributed by atoms with Crippen LogP contribution >= 0.6 is 0 Å². The molecule has 0 saturated carbocycles. The molecule has 2 heterocycles. The van der Waals surface area contributed by atoms with Gasteiger partial charge in [0.25, 0.3) is 5.91 Å². The number of aryl methyl sites for hydroxylation is 1. The van der Waals surface area contributed by atoms with Gasteiger partial charge in [-0.2, -0.15) is 0 Å². The predicted molar refractivity (Wildman–Crippen MR) is 92.0 cm³/mol. The minimum Gasteiger partial charge on any atom is -0.337 e. The van der Waals surface area contributed by atoms with Crippen LogP contribution in [0.5, 0.6) is 0 Å². The summed E-state index contributed by atoms with van der Waals surface area (Å²) in [4.78, 5) is 30.0. The highest BCUT2D eigenvalue weighted by atomic mass is 16.2. The molecule has 0 spiro atoms. The van der Waals surface area contributed by atoms with E-state index in [9.17, 15) is 9.59 Å². The van der Waals surface area contributed by atoms with Gasteiger partial charge in [-0.1, -0.05) is 49.4 Å². The number of rotatable bonds is 6. The topological polar surface area (TPSA) is 55.2 Å². The highest BCUT2D eigenvalue weighted by Crippen LogP contribution is 2.24. The standard InChI is InChI=1S/C19H21N3O2/c1-15-17(9-8-16-6-3-2-4-7-16)22(19(24)18(15)23)12-5-11-21-13-10-20-14-21/h2-4,6-10,13-15,17H,5,11-12H2,1H3. The maximum absolute atomic E-state index is 12.3. The third kappa shape index (κ3) is 3.45. The molecule has 1 aromatic heterocycles. The Hall–Kier alpha value is -2.69. The van der Waals surface area contributed by atoms with Gasteiger partial charge < -0.3 is 9.47 Å². The molecule has 5 heteroatoms. The van der Waals surface area contributed by atoms with E-state index in [0.29, 0.717) is 6.54 Å². The van der Waals surface area contributed by atoms with Crippen molar-refractivity contribution in [2.24, 2.45) is 5.92 Å². The summed E-state index contributed by atoms with van der Waals surface area (Å²) in [6.45, 7) is 3.18. The Labute approximate surface area is 141 Å². The summed E-state index contributed by atoms with van der Waals surface area (Å²) in [5.74, 6) is -0.957. The van der Waals surface area contributed by atoms with Crippen LogP contribution in [0, 0.1) is 5.92 Å². The van der Waals surface area contributed by atoms with Crippen molar-refractivity contribution in [1.82, 2.24) is 14.5 Å². The minimum atomic E-state index is -0.365. The number of benzene rings is 1. The first kappa shape index (κ1) is 16.2. The fourth-order valence-corrected chi connectivity index (χ4v) is 3.03. The van der Waals surface area contributed by atoms with Gasteiger partial charge in [0.1, 0.15) is 0 Å². The van der Waals surface area contributed by atoms with Crippen molar-refractivity contribution < 1.29 is 9.59 Å². The van der Waals surface area contributed by atoms with Gasteiger partial charge in [-0.15, -0.1) is 0 Å². The highest BCUT2D eigenvalue weighted by Gasteiger charge is 2.42. The quantitative estimate of drug-likeness (QED) is 0.767. The van der Waals surface area contributed by atoms with Crippen LogP contribution in [0.25, 0.3) is 6.08 Å². The molecule has 0 N–H and O–H groups in total. The van der Waals surface area contributed by atoms with Crippen LogP contribution in [-0.2, 0) is 16.1 Å². The molecule has 1 aliphatic heterocycles. The second-order valence-corrected chi connectivity index (χ2v) is 6.07. The number of likely N-dealkylation sites (tertiary alicyclic amines) is 1. The monoisotopic (exact) mass is 323 g/mol. The largest absolute Gasteiger partial charge is 0.337 e. The Kier molecular flexibility index (Phi) is 4.89. The molecule has 2 aromatic rings. The van der Waals surface area contributed by atoms with Gasteiger partial charge in [0.05, 0.1) is 12.4 Å². The molecule has 2 atom stereocenters. The van der Waals surface area contributed by atoms with Crippen molar-refractivity contribution in [3.63, 3.8) is 0 Å². The van der Waals surface area contributed by atoms with E-state index in [-0.39, 0.29) is 23.7 Å². The number of amides is 1. The number of ketones is 1. The van der Waals surface area contributed by atoms with Crippen LogP contribution in [0.3, 0.4) is 0 Å². The number of carbonyl (C=O) groups excluding carboxylic acids is 2. The van der Waals surface area contributed by atoms with Gasteiger partial charge >= 0.3 is 0 Å². The van der Waals surface area contributed by atoms with Crippen molar-refractivity contribution in [3.05, 3.63) is 60.7 Å². The minimum absolute atomic E-state index is 0.173. The highest BCUT2D eigenvalue weighted by molar-refractivity contribution is 6.39. The number of hydrogen-bond donors (Lipinski definition) is 0. The van der Waals surface area contributed by atoms with Gasteiger partial charge in [-0.25, -0.2) is 4.98 Å². The Bertz CT molecular complexity index is 722. The van der Waals surface area contributed by atoms with E-state index in [2.05, 4.69) is 4.98 Å². The van der Waals surface area contributed by atoms with Crippen LogP contribution < -0.4 is 0 Å². The SMILES string of the molecule is CC1C(=O)C(=O)N(CCCn2ccnc2)C1C=Cc1ccccc1. The van der Waals surface area contributed by atoms with Crippen LogP contribution in [-0.4, -0.2) is 38.7 Å². The Morgan fingerprint density at radius 1 is 1.17 bits per heavy atom. The number of Topliss-reactive ketones (excluding diaryl/α,β-unsaturated/α-hetero) is 1. The predicted octanol–water partition coefficient (Wildman–Crippen LogP) is 2.40. The lowest BCUT2D eigenvalue weighted by Gasteiger charge is -2.23. The summed E-state index contributed by atoms with van der Waals surface area (Å²) in [5, 5.41) is 0. The van der Waals surface area contributed by atoms with Crippen LogP contribution in [0.4, 0.5) is 0 Å². The first-order valence-electron chi connectivity index (χ1n) is 8.20. The van der Waals surface area contributed by atoms with Crippen molar-refractivity contribution in [1.29, 1.82) is 0 Å². The number of aromatic nitrogens is 2. The average Bonchev–Trinajstić information content (AvgIpc) is 3.19. The number of hydrogen-bond acceptors (Lipinski definition) is 3. The number of nitrogens with zero attached hydrogens (tertiary/aromatic N) is 3. The van der Waals surface area contributed by atoms with Gasteiger partial charge in [0, 0.05) is 31.4 Å². The van der Waals surface area contributed by atoms with Crippen molar-refractivity contribution >= 4 is 17.8 Å². The molecule has 3 rings (SSSR count). The molecule has 1 aromatic carbocycles. The summed E-state index contributed by atoms with van der Waals surface area (Å²) < 4.78 is 1.97. The van der Waals surface area contributed by atoms with Crippen molar-refractivity contribution in [3.8, 4) is 0 Å². The fourth-order valence-electron chi connectivity index (χ4n) is 3.03. The molecule has 24 heavy (non-hydrogen) atoms. The Morgan fingerprint density at radius 2 is 1.96 bits per heavy atom. The van der Waals surface area contributed by atoms with E-state index in [4.69, 9.17) is 0 Å². The van der Waals surface area contributed by atoms with E-state index in [1.807, 2.05) is 60.2 Å². The van der Waals surface area contributed by atoms with E-state index in [0.717, 1.165) is 18.5 Å². The molecule has 0 bridgehead atoms. The Balaban J connectivity index is 1.68. The lowest BCUT2D eigenvalue weighted by molar-refractivity contribution is -0.140. The molecule has 1 fully saturated rings. The van der Waals surface area contributed by atoms with Crippen LogP contribution in [0.1, 0.15) is 18.9 Å². The van der Waals surface area contributed by atoms with Gasteiger partial charge in [-0.3, -0.25) is 9.59 Å². The molecule has 1 aliphatic rings. The Morgan fingerprint density at radius 3 is 2.67 bits per heavy atom. The van der Waals surface area contributed by atoms with E-state index < -0.39 is 0 Å². The van der Waals surface area contributed by atoms with E-state index >= 15 is 0 Å². The zero-order valence-electron chi connectivity index (χ0n) is 13.7. The third-order valence-electron chi connectivity index (χ3n) is 4.42. The number of carbonyl (C=O) groups is 2. The fraction of sp³-hybridized carbons (Fsp3) is 0.316. The summed E-state index contributed by atoms with van der Waals surface area (Å²) in [6, 6.07) is 9.73. The van der Waals surface area contributed by atoms with E-state index in [1.165, 1.54) is 0 Å². The van der Waals surface area contributed by atoms with Gasteiger partial charge in [0.2, 0.25) is 5.78 Å². The van der Waals surface area contributed by atoms with E-state index in [1.54, 1.807) is 17.4 Å². The first-order chi connectivity index (χ1) is 11.7. The summed E-state index contributed by atoms with van der Waals surface area (Å²) >= 11 is 0. The molecule has 124 valence electrons. The molecule has 2 unspecified atom stereocenters. The summed E-state index contributed by atoms with van der Waals surface area (Å²) in [6.07, 6.45) is 10.1. The van der Waals surface area contributed by atoms with Crippen LogP contribution in [0.15, 0.2) is 55.1 Å². The molecular weight excluding hydrogens is 302 g/mol. The smallest absolute Gasteiger partial charge is 0.290 e. The van der Waals surface area contributed by atoms with Gasteiger partial charge in [-0.05, 0) is 12.0 Å².